The van der Waals surface area contributed by atoms with Gasteiger partial charge in [0.2, 0.25) is 5.95 Å². The van der Waals surface area contributed by atoms with E-state index in [2.05, 4.69) is 62.7 Å². The molecule has 1 N–H and O–H groups in total. The van der Waals surface area contributed by atoms with Crippen LogP contribution in [-0.2, 0) is 16.4 Å². The van der Waals surface area contributed by atoms with E-state index in [1.54, 1.807) is 0 Å². The number of aryl methyl sites for hydroxylation is 1. The van der Waals surface area contributed by atoms with Crippen LogP contribution < -0.4 is 10.2 Å². The molecule has 7 nitrogen and oxygen atoms in total. The second kappa shape index (κ2) is 8.41. The molecular formula is C22H31N5O2S. The van der Waals surface area contributed by atoms with Gasteiger partial charge in [-0.2, -0.15) is 0 Å². The first-order valence-electron chi connectivity index (χ1n) is 10.7. The SMILES string of the molecule is C=C(C)Cn1c([C@H]2CCS(=O)(=O)C2)nnc1N1CCC(Nc2cccc(C)c2)CC1. The number of nitrogens with zero attached hydrogens (tertiary/aromatic N) is 4. The second-order valence-electron chi connectivity index (χ2n) is 8.78. The van der Waals surface area contributed by atoms with Crippen LogP contribution in [0.5, 0.6) is 0 Å². The average molecular weight is 430 g/mol. The van der Waals surface area contributed by atoms with Crippen LogP contribution in [0.3, 0.4) is 0 Å². The number of rotatable bonds is 6. The van der Waals surface area contributed by atoms with E-state index < -0.39 is 9.84 Å². The molecule has 0 radical (unpaired) electrons. The Morgan fingerprint density at radius 2 is 2.00 bits per heavy atom. The van der Waals surface area contributed by atoms with Gasteiger partial charge in [-0.1, -0.05) is 24.3 Å². The third kappa shape index (κ3) is 4.69. The van der Waals surface area contributed by atoms with Gasteiger partial charge in [-0.05, 0) is 50.8 Å². The standard InChI is InChI=1S/C22H31N5O2S/c1-16(2)14-27-21(18-9-12-30(28,29)15-18)24-25-22(27)26-10-7-19(8-11-26)23-20-6-4-5-17(3)13-20/h4-6,13,18-19,23H,1,7-12,14-15H2,2-3H3/t18-/m0/s1. The van der Waals surface area contributed by atoms with Crippen LogP contribution >= 0.6 is 0 Å². The van der Waals surface area contributed by atoms with Crippen LogP contribution in [0.25, 0.3) is 0 Å². The van der Waals surface area contributed by atoms with Crippen molar-refractivity contribution in [2.24, 2.45) is 0 Å². The summed E-state index contributed by atoms with van der Waals surface area (Å²) in [6.07, 6.45) is 2.65. The van der Waals surface area contributed by atoms with Gasteiger partial charge in [0.05, 0.1) is 11.5 Å². The van der Waals surface area contributed by atoms with Gasteiger partial charge in [-0.3, -0.25) is 4.57 Å². The summed E-state index contributed by atoms with van der Waals surface area (Å²) in [6, 6.07) is 8.91. The summed E-state index contributed by atoms with van der Waals surface area (Å²) in [4.78, 5) is 2.28. The van der Waals surface area contributed by atoms with Crippen LogP contribution in [0, 0.1) is 6.92 Å². The minimum atomic E-state index is -2.97. The molecule has 2 aliphatic heterocycles. The quantitative estimate of drug-likeness (QED) is 0.711. The fraction of sp³-hybridized carbons (Fsp3) is 0.545. The predicted molar refractivity (Wildman–Crippen MR) is 121 cm³/mol. The third-order valence-electron chi connectivity index (χ3n) is 5.95. The zero-order valence-corrected chi connectivity index (χ0v) is 18.7. The summed E-state index contributed by atoms with van der Waals surface area (Å²) in [6.45, 7) is 10.5. The number of anilines is 2. The van der Waals surface area contributed by atoms with Crippen molar-refractivity contribution in [3.63, 3.8) is 0 Å². The molecule has 0 bridgehead atoms. The Balaban J connectivity index is 1.47. The van der Waals surface area contributed by atoms with Crippen molar-refractivity contribution in [1.82, 2.24) is 14.8 Å². The Kier molecular flexibility index (Phi) is 5.86. The van der Waals surface area contributed by atoms with Gasteiger partial charge in [0.1, 0.15) is 5.82 Å². The van der Waals surface area contributed by atoms with Crippen molar-refractivity contribution in [2.75, 3.05) is 34.8 Å². The molecule has 0 unspecified atom stereocenters. The highest BCUT2D eigenvalue weighted by atomic mass is 32.2. The fourth-order valence-electron chi connectivity index (χ4n) is 4.46. The molecule has 2 fully saturated rings. The molecule has 2 aromatic rings. The molecule has 1 aromatic heterocycles. The third-order valence-corrected chi connectivity index (χ3v) is 7.72. The Morgan fingerprint density at radius 1 is 1.23 bits per heavy atom. The van der Waals surface area contributed by atoms with Crippen molar-refractivity contribution in [3.05, 3.63) is 47.8 Å². The number of sulfone groups is 1. The Bertz CT molecular complexity index is 1020. The monoisotopic (exact) mass is 429 g/mol. The number of hydrogen-bond acceptors (Lipinski definition) is 6. The maximum Gasteiger partial charge on any atom is 0.227 e. The maximum absolute atomic E-state index is 12.0. The first kappa shape index (κ1) is 20.9. The number of benzene rings is 1. The normalized spacial score (nSPS) is 21.7. The number of piperidine rings is 1. The molecule has 8 heteroatoms. The molecule has 1 aromatic carbocycles. The first-order valence-corrected chi connectivity index (χ1v) is 12.5. The van der Waals surface area contributed by atoms with Crippen molar-refractivity contribution in [3.8, 4) is 0 Å². The molecule has 4 rings (SSSR count). The van der Waals surface area contributed by atoms with E-state index in [1.165, 1.54) is 11.3 Å². The molecule has 0 spiro atoms. The zero-order chi connectivity index (χ0) is 21.3. The van der Waals surface area contributed by atoms with E-state index in [9.17, 15) is 8.42 Å². The topological polar surface area (TPSA) is 80.1 Å². The van der Waals surface area contributed by atoms with Crippen LogP contribution in [0.4, 0.5) is 11.6 Å². The van der Waals surface area contributed by atoms with E-state index in [0.717, 1.165) is 43.3 Å². The zero-order valence-electron chi connectivity index (χ0n) is 17.8. The number of hydrogen-bond donors (Lipinski definition) is 1. The van der Waals surface area contributed by atoms with E-state index in [1.807, 2.05) is 6.92 Å². The van der Waals surface area contributed by atoms with Crippen LogP contribution in [0.2, 0.25) is 0 Å². The predicted octanol–water partition coefficient (Wildman–Crippen LogP) is 3.15. The van der Waals surface area contributed by atoms with Crippen LogP contribution in [-0.4, -0.2) is 53.8 Å². The van der Waals surface area contributed by atoms with Gasteiger partial charge in [-0.15, -0.1) is 10.2 Å². The highest BCUT2D eigenvalue weighted by Crippen LogP contribution is 2.31. The lowest BCUT2D eigenvalue weighted by molar-refractivity contribution is 0.511. The lowest BCUT2D eigenvalue weighted by Gasteiger charge is -2.33. The highest BCUT2D eigenvalue weighted by Gasteiger charge is 2.34. The lowest BCUT2D eigenvalue weighted by atomic mass is 10.0. The summed E-state index contributed by atoms with van der Waals surface area (Å²) in [7, 11) is -2.97. The molecule has 3 heterocycles. The highest BCUT2D eigenvalue weighted by molar-refractivity contribution is 7.91. The van der Waals surface area contributed by atoms with Crippen LogP contribution in [0.1, 0.15) is 43.5 Å². The molecule has 2 saturated heterocycles. The van der Waals surface area contributed by atoms with Gasteiger partial charge in [0.15, 0.2) is 9.84 Å². The minimum absolute atomic E-state index is 0.0730. The smallest absolute Gasteiger partial charge is 0.227 e. The Morgan fingerprint density at radius 3 is 2.63 bits per heavy atom. The molecule has 30 heavy (non-hydrogen) atoms. The van der Waals surface area contributed by atoms with E-state index in [4.69, 9.17) is 0 Å². The molecule has 0 saturated carbocycles. The minimum Gasteiger partial charge on any atom is -0.382 e. The van der Waals surface area contributed by atoms with Crippen molar-refractivity contribution in [2.45, 2.75) is 51.6 Å². The average Bonchev–Trinajstić information content (AvgIpc) is 3.25. The summed E-state index contributed by atoms with van der Waals surface area (Å²) in [5.41, 5.74) is 3.43. The Hall–Kier alpha value is -2.35. The van der Waals surface area contributed by atoms with E-state index >= 15 is 0 Å². The van der Waals surface area contributed by atoms with Gasteiger partial charge in [-0.25, -0.2) is 8.42 Å². The van der Waals surface area contributed by atoms with Crippen molar-refractivity contribution >= 4 is 21.5 Å². The van der Waals surface area contributed by atoms with Crippen molar-refractivity contribution in [1.29, 1.82) is 0 Å². The van der Waals surface area contributed by atoms with E-state index in [0.29, 0.717) is 19.0 Å². The molecule has 0 amide bonds. The summed E-state index contributed by atoms with van der Waals surface area (Å²) in [5.74, 6) is 1.96. The molecule has 162 valence electrons. The number of allylic oxidation sites excluding steroid dienone is 1. The molecule has 2 aliphatic rings. The summed E-state index contributed by atoms with van der Waals surface area (Å²) >= 11 is 0. The first-order chi connectivity index (χ1) is 14.3. The van der Waals surface area contributed by atoms with Gasteiger partial charge >= 0.3 is 0 Å². The maximum atomic E-state index is 12.0. The van der Waals surface area contributed by atoms with Gasteiger partial charge in [0.25, 0.3) is 0 Å². The summed E-state index contributed by atoms with van der Waals surface area (Å²) < 4.78 is 26.0. The van der Waals surface area contributed by atoms with Gasteiger partial charge in [0, 0.05) is 37.3 Å². The molecule has 0 aliphatic carbocycles. The Labute approximate surface area is 179 Å². The number of aromatic nitrogens is 3. The van der Waals surface area contributed by atoms with Crippen LogP contribution in [0.15, 0.2) is 36.4 Å². The van der Waals surface area contributed by atoms with Gasteiger partial charge < -0.3 is 10.2 Å². The molecular weight excluding hydrogens is 398 g/mol. The van der Waals surface area contributed by atoms with Crippen molar-refractivity contribution < 1.29 is 8.42 Å². The van der Waals surface area contributed by atoms with E-state index in [-0.39, 0.29) is 17.4 Å². The second-order valence-corrected chi connectivity index (χ2v) is 11.0. The lowest BCUT2D eigenvalue weighted by Crippen LogP contribution is -2.40. The fourth-order valence-corrected chi connectivity index (χ4v) is 6.20. The summed E-state index contributed by atoms with van der Waals surface area (Å²) in [5, 5.41) is 12.6. The largest absolute Gasteiger partial charge is 0.382 e. The molecule has 1 atom stereocenters. The number of nitrogens with one attached hydrogen (secondary N) is 1.